The second-order valence-electron chi connectivity index (χ2n) is 16.8. The number of carbonyl (C=O) groups is 3. The first-order valence-corrected chi connectivity index (χ1v) is 21.1. The predicted molar refractivity (Wildman–Crippen MR) is 212 cm³/mol. The van der Waals surface area contributed by atoms with Crippen LogP contribution in [0.2, 0.25) is 18.1 Å². The summed E-state index contributed by atoms with van der Waals surface area (Å²) in [5.74, 6) is -0.613. The second kappa shape index (κ2) is 15.4. The molecule has 2 aliphatic rings. The molecule has 0 bridgehead atoms. The molecule has 2 aromatic heterocycles. The summed E-state index contributed by atoms with van der Waals surface area (Å²) in [5.41, 5.74) is 3.22. The van der Waals surface area contributed by atoms with Crippen LogP contribution in [-0.2, 0) is 9.16 Å². The van der Waals surface area contributed by atoms with Crippen molar-refractivity contribution >= 4 is 59.9 Å². The summed E-state index contributed by atoms with van der Waals surface area (Å²) in [4.78, 5) is 52.4. The number of carboxylic acid groups (broad SMARTS) is 1. The number of aromatic nitrogens is 2. The van der Waals surface area contributed by atoms with Gasteiger partial charge in [-0.2, -0.15) is 0 Å². The average molecular weight is 746 g/mol. The molecule has 3 amide bonds. The fourth-order valence-electron chi connectivity index (χ4n) is 6.49. The number of hydrogen-bond acceptors (Lipinski definition) is 9. The van der Waals surface area contributed by atoms with Gasteiger partial charge < -0.3 is 34.7 Å². The van der Waals surface area contributed by atoms with Crippen LogP contribution < -0.4 is 20.9 Å². The molecule has 4 heterocycles. The van der Waals surface area contributed by atoms with Gasteiger partial charge in [-0.15, -0.1) is 0 Å². The smallest absolute Gasteiger partial charge is 0.409 e. The number of fused-ring (bicyclic) bond motifs is 1. The highest BCUT2D eigenvalue weighted by Gasteiger charge is 2.45. The summed E-state index contributed by atoms with van der Waals surface area (Å²) in [5, 5.41) is 18.7. The van der Waals surface area contributed by atoms with Gasteiger partial charge in [-0.05, 0) is 81.7 Å². The van der Waals surface area contributed by atoms with Crippen LogP contribution in [0.4, 0.5) is 26.7 Å². The number of amides is 3. The zero-order chi connectivity index (χ0) is 38.9. The van der Waals surface area contributed by atoms with Crippen LogP contribution >= 0.6 is 0 Å². The summed E-state index contributed by atoms with van der Waals surface area (Å²) < 4.78 is 12.6. The second-order valence-corrected chi connectivity index (χ2v) is 21.5. The number of carbonyl (C=O) groups excluding carboxylic acids is 2. The van der Waals surface area contributed by atoms with E-state index >= 15 is 0 Å². The lowest BCUT2D eigenvalue weighted by atomic mass is 9.92. The van der Waals surface area contributed by atoms with E-state index in [1.165, 1.54) is 5.57 Å². The van der Waals surface area contributed by atoms with Crippen LogP contribution in [0.5, 0.6) is 0 Å². The number of hydrogen-bond donors (Lipinski definition) is 4. The number of benzene rings is 1. The number of piperidine rings is 1. The first-order chi connectivity index (χ1) is 24.7. The first-order valence-electron chi connectivity index (χ1n) is 18.2. The highest BCUT2D eigenvalue weighted by molar-refractivity contribution is 6.74. The average Bonchev–Trinajstić information content (AvgIpc) is 3.04. The lowest BCUT2D eigenvalue weighted by Gasteiger charge is -2.48. The quantitative estimate of drug-likeness (QED) is 0.171. The van der Waals surface area contributed by atoms with Crippen molar-refractivity contribution in [3.05, 3.63) is 60.1 Å². The summed E-state index contributed by atoms with van der Waals surface area (Å²) in [7, 11) is -0.155. The van der Waals surface area contributed by atoms with Crippen LogP contribution in [0.1, 0.15) is 70.9 Å². The molecule has 3 unspecified atom stereocenters. The molecule has 2 aliphatic heterocycles. The third kappa shape index (κ3) is 9.72. The van der Waals surface area contributed by atoms with Gasteiger partial charge in [0.1, 0.15) is 5.60 Å². The molecule has 3 atom stereocenters. The van der Waals surface area contributed by atoms with Gasteiger partial charge in [0, 0.05) is 43.7 Å². The molecule has 53 heavy (non-hydrogen) atoms. The Balaban J connectivity index is 1.46. The third-order valence-corrected chi connectivity index (χ3v) is 14.7. The first kappa shape index (κ1) is 39.7. The monoisotopic (exact) mass is 745 g/mol. The van der Waals surface area contributed by atoms with Gasteiger partial charge in [-0.1, -0.05) is 45.9 Å². The molecule has 5 rings (SSSR count). The molecule has 14 heteroatoms. The maximum atomic E-state index is 14.1. The third-order valence-electron chi connectivity index (χ3n) is 10.3. The van der Waals surface area contributed by atoms with Gasteiger partial charge in [-0.25, -0.2) is 14.6 Å². The molecule has 4 N–H and O–H groups in total. The minimum absolute atomic E-state index is 0.0167. The Kier molecular flexibility index (Phi) is 11.6. The number of alkyl carbamates (subject to hydrolysis) is 1. The van der Waals surface area contributed by atoms with Crippen molar-refractivity contribution in [1.29, 1.82) is 0 Å². The van der Waals surface area contributed by atoms with Crippen molar-refractivity contribution in [1.82, 2.24) is 20.2 Å². The van der Waals surface area contributed by atoms with E-state index in [1.807, 2.05) is 45.0 Å². The predicted octanol–water partition coefficient (Wildman–Crippen LogP) is 7.43. The fourth-order valence-corrected chi connectivity index (χ4v) is 7.92. The van der Waals surface area contributed by atoms with E-state index in [1.54, 1.807) is 18.5 Å². The van der Waals surface area contributed by atoms with E-state index in [0.29, 0.717) is 35.4 Å². The van der Waals surface area contributed by atoms with Gasteiger partial charge in [0.2, 0.25) is 0 Å². The van der Waals surface area contributed by atoms with Gasteiger partial charge in [0.25, 0.3) is 5.91 Å². The Morgan fingerprint density at radius 3 is 2.38 bits per heavy atom. The van der Waals surface area contributed by atoms with Crippen molar-refractivity contribution in [2.24, 2.45) is 5.92 Å². The molecule has 0 aliphatic carbocycles. The molecule has 13 nitrogen and oxygen atoms in total. The molecule has 1 aromatic carbocycles. The topological polar surface area (TPSA) is 158 Å². The van der Waals surface area contributed by atoms with Crippen molar-refractivity contribution in [3.63, 3.8) is 0 Å². The molecule has 0 radical (unpaired) electrons. The van der Waals surface area contributed by atoms with E-state index in [9.17, 15) is 19.5 Å². The summed E-state index contributed by atoms with van der Waals surface area (Å²) in [6, 6.07) is 8.85. The van der Waals surface area contributed by atoms with E-state index in [-0.39, 0.29) is 28.4 Å². The van der Waals surface area contributed by atoms with Gasteiger partial charge in [-0.3, -0.25) is 15.1 Å². The maximum Gasteiger partial charge on any atom is 0.409 e. The molecule has 0 spiro atoms. The number of nitrogens with one attached hydrogen (secondary N) is 3. The van der Waals surface area contributed by atoms with Crippen LogP contribution in [0.15, 0.2) is 48.8 Å². The Morgan fingerprint density at radius 2 is 1.74 bits per heavy atom. The van der Waals surface area contributed by atoms with Crippen LogP contribution in [0.25, 0.3) is 16.5 Å². The van der Waals surface area contributed by atoms with Crippen LogP contribution in [0.3, 0.4) is 0 Å². The normalized spacial score (nSPS) is 20.1. The number of ether oxygens (including phenoxy) is 1. The van der Waals surface area contributed by atoms with Crippen LogP contribution in [0, 0.1) is 5.92 Å². The standard InChI is InChI=1S/C39H55N7O6Si/c1-24-22-46(23-31(44-37(50)51-38(2,3)4)34(24)52-53(9,10)39(5,6)7)32-13-16-40-21-30(32)42-35(47)33-29(43-36(48)49)20-27-12-11-26(19-28(27)41-33)25-14-17-45(8)18-15-25/h11-14,16,19-21,24,31,34,43H,15,17-18,22-23H2,1-10H3,(H,42,47)(H,44,50)(H,48,49). The minimum atomic E-state index is -2.24. The number of rotatable bonds is 8. The highest BCUT2D eigenvalue weighted by atomic mass is 28.4. The maximum absolute atomic E-state index is 14.1. The number of pyridine rings is 2. The zero-order valence-corrected chi connectivity index (χ0v) is 33.7. The molecule has 1 fully saturated rings. The Labute approximate surface area is 313 Å². The molecule has 286 valence electrons. The largest absolute Gasteiger partial charge is 0.465 e. The number of likely N-dealkylation sites (N-methyl/N-ethyl adjacent to an activating group) is 1. The molecule has 3 aromatic rings. The summed E-state index contributed by atoms with van der Waals surface area (Å²) in [6.45, 7) is 21.3. The highest BCUT2D eigenvalue weighted by Crippen LogP contribution is 2.40. The van der Waals surface area contributed by atoms with E-state index in [0.717, 1.165) is 25.1 Å². The summed E-state index contributed by atoms with van der Waals surface area (Å²) in [6.07, 6.45) is 4.18. The van der Waals surface area contributed by atoms with Gasteiger partial charge >= 0.3 is 12.2 Å². The van der Waals surface area contributed by atoms with E-state index in [4.69, 9.17) is 14.1 Å². The Morgan fingerprint density at radius 1 is 1.00 bits per heavy atom. The van der Waals surface area contributed by atoms with Crippen molar-refractivity contribution in [2.75, 3.05) is 48.8 Å². The molecule has 1 saturated heterocycles. The fraction of sp³-hybridized carbons (Fsp3) is 0.513. The van der Waals surface area contributed by atoms with E-state index in [2.05, 4.69) is 84.6 Å². The molecule has 0 saturated carbocycles. The minimum Gasteiger partial charge on any atom is -0.465 e. The molecular formula is C39H55N7O6Si. The van der Waals surface area contributed by atoms with Gasteiger partial charge in [0.15, 0.2) is 14.0 Å². The number of anilines is 3. The number of nitrogens with zero attached hydrogens (tertiary/aromatic N) is 4. The Hall–Kier alpha value is -4.53. The lowest BCUT2D eigenvalue weighted by Crippen LogP contribution is -2.63. The van der Waals surface area contributed by atoms with E-state index < -0.39 is 38.1 Å². The van der Waals surface area contributed by atoms with Crippen LogP contribution in [-0.4, -0.2) is 97.4 Å². The molecular weight excluding hydrogens is 691 g/mol. The zero-order valence-electron chi connectivity index (χ0n) is 32.7. The van der Waals surface area contributed by atoms with Crippen molar-refractivity contribution in [3.8, 4) is 0 Å². The SMILES string of the molecule is CC1CN(c2ccncc2NC(=O)c2nc3cc(C4=CCN(C)CC4)ccc3cc2NC(=O)O)CC(NC(=O)OC(C)(C)C)C1O[Si](C)(C)C(C)(C)C. The van der Waals surface area contributed by atoms with Gasteiger partial charge in [0.05, 0.1) is 40.9 Å². The van der Waals surface area contributed by atoms with Crippen molar-refractivity contribution in [2.45, 2.75) is 90.8 Å². The lowest BCUT2D eigenvalue weighted by molar-refractivity contribution is 0.0336. The Bertz CT molecular complexity index is 1890. The summed E-state index contributed by atoms with van der Waals surface area (Å²) >= 11 is 0. The van der Waals surface area contributed by atoms with Crippen molar-refractivity contribution < 1.29 is 28.7 Å².